The van der Waals surface area contributed by atoms with Crippen LogP contribution in [0.4, 0.5) is 5.69 Å². The number of carbonyl (C=O) groups is 1. The van der Waals surface area contributed by atoms with E-state index in [0.29, 0.717) is 36.1 Å². The van der Waals surface area contributed by atoms with Crippen molar-refractivity contribution in [1.82, 2.24) is 4.57 Å². The maximum Gasteiger partial charge on any atom is 0.338 e. The third kappa shape index (κ3) is 6.30. The van der Waals surface area contributed by atoms with Gasteiger partial charge in [-0.05, 0) is 76.8 Å². The number of nitro benzene ring substituents is 1. The van der Waals surface area contributed by atoms with Crippen LogP contribution >= 0.6 is 50.5 Å². The summed E-state index contributed by atoms with van der Waals surface area (Å²) < 4.78 is 13.1. The number of nitrogens with zero attached hydrogens (tertiary/aromatic N) is 3. The number of nitro groups is 1. The van der Waals surface area contributed by atoms with Crippen LogP contribution in [0.1, 0.15) is 36.6 Å². The van der Waals surface area contributed by atoms with Gasteiger partial charge in [-0.1, -0.05) is 64.9 Å². The second kappa shape index (κ2) is 12.8. The first-order valence-electron chi connectivity index (χ1n) is 12.9. The summed E-state index contributed by atoms with van der Waals surface area (Å²) in [6, 6.07) is 16.0. The van der Waals surface area contributed by atoms with E-state index in [-0.39, 0.29) is 34.8 Å². The fourth-order valence-corrected chi connectivity index (χ4v) is 6.76. The average molecular weight is 703 g/mol. The van der Waals surface area contributed by atoms with Crippen LogP contribution in [-0.4, -0.2) is 22.1 Å². The Morgan fingerprint density at radius 3 is 2.65 bits per heavy atom. The van der Waals surface area contributed by atoms with Gasteiger partial charge in [0.05, 0.1) is 31.8 Å². The molecule has 9 nitrogen and oxygen atoms in total. The Balaban J connectivity index is 1.61. The molecule has 0 saturated carbocycles. The van der Waals surface area contributed by atoms with Gasteiger partial charge in [-0.15, -0.1) is 0 Å². The summed E-state index contributed by atoms with van der Waals surface area (Å²) in [6.45, 7) is 3.57. The number of benzene rings is 3. The molecule has 1 aliphatic rings. The number of aromatic nitrogens is 1. The summed E-state index contributed by atoms with van der Waals surface area (Å²) in [7, 11) is 0. The molecular weight excluding hydrogens is 681 g/mol. The molecule has 0 spiro atoms. The van der Waals surface area contributed by atoms with Crippen molar-refractivity contribution in [3.63, 3.8) is 0 Å². The number of carbonyl (C=O) groups excluding carboxylic acids is 1. The highest BCUT2D eigenvalue weighted by Gasteiger charge is 2.34. The molecule has 4 aromatic rings. The van der Waals surface area contributed by atoms with Crippen LogP contribution in [0.2, 0.25) is 10.0 Å². The molecule has 0 bridgehead atoms. The van der Waals surface area contributed by atoms with Gasteiger partial charge in [-0.3, -0.25) is 19.5 Å². The van der Waals surface area contributed by atoms with E-state index in [9.17, 15) is 19.7 Å². The van der Waals surface area contributed by atoms with Gasteiger partial charge >= 0.3 is 11.7 Å². The van der Waals surface area contributed by atoms with E-state index in [0.717, 1.165) is 16.9 Å². The molecule has 2 heterocycles. The molecule has 1 atom stereocenters. The molecule has 0 fully saturated rings. The molecule has 0 amide bonds. The molecule has 43 heavy (non-hydrogen) atoms. The Morgan fingerprint density at radius 2 is 1.95 bits per heavy atom. The highest BCUT2D eigenvalue weighted by atomic mass is 79.9. The number of rotatable bonds is 8. The number of ether oxygens (including phenoxy) is 2. The largest absolute Gasteiger partial charge is 0.481 e. The van der Waals surface area contributed by atoms with E-state index in [1.54, 1.807) is 68.4 Å². The van der Waals surface area contributed by atoms with E-state index in [2.05, 4.69) is 20.9 Å². The molecule has 5 rings (SSSR count). The van der Waals surface area contributed by atoms with Gasteiger partial charge in [0, 0.05) is 16.1 Å². The average Bonchev–Trinajstić information content (AvgIpc) is 3.25. The summed E-state index contributed by atoms with van der Waals surface area (Å²) in [5.74, 6) is -0.562. The third-order valence-electron chi connectivity index (χ3n) is 6.53. The van der Waals surface area contributed by atoms with Crippen molar-refractivity contribution in [2.45, 2.75) is 26.5 Å². The van der Waals surface area contributed by atoms with E-state index in [4.69, 9.17) is 32.7 Å². The SMILES string of the molecule is CCOC(=O)C1=C(C)N=c2s/c(=C\c3cc(Br)c(OCc4cccc(Cl)c4)c([N+](=O)[O-])c3)c(=O)n2[C@@H]1c1ccccc1Cl. The minimum atomic E-state index is -0.880. The second-order valence-corrected chi connectivity index (χ2v) is 12.1. The molecule has 13 heteroatoms. The highest BCUT2D eigenvalue weighted by Crippen LogP contribution is 2.38. The Bertz CT molecular complexity index is 1990. The van der Waals surface area contributed by atoms with Crippen molar-refractivity contribution in [3.05, 3.63) is 133 Å². The molecule has 0 N–H and O–H groups in total. The first-order chi connectivity index (χ1) is 20.6. The van der Waals surface area contributed by atoms with Gasteiger partial charge < -0.3 is 9.47 Å². The molecular formula is C30H22BrCl2N3O6S. The fourth-order valence-electron chi connectivity index (χ4n) is 4.68. The molecule has 0 aliphatic carbocycles. The van der Waals surface area contributed by atoms with E-state index >= 15 is 0 Å². The fraction of sp³-hybridized carbons (Fsp3) is 0.167. The third-order valence-corrected chi connectivity index (χ3v) is 8.68. The number of allylic oxidation sites excluding steroid dienone is 1. The van der Waals surface area contributed by atoms with Crippen molar-refractivity contribution in [2.24, 2.45) is 4.99 Å². The zero-order chi connectivity index (χ0) is 30.8. The monoisotopic (exact) mass is 701 g/mol. The Labute approximate surface area is 267 Å². The standard InChI is InChI=1S/C30H22BrCl2N3O6S/c1-3-41-29(38)25-16(2)34-30-35(26(25)20-9-4-5-10-22(20)33)28(37)24(43-30)14-18-12-21(31)27(23(13-18)36(39)40)42-15-17-7-6-8-19(32)11-17/h4-14,26H,3,15H2,1-2H3/b24-14-/t26-/m1/s1. The van der Waals surface area contributed by atoms with Crippen molar-refractivity contribution >= 4 is 68.2 Å². The van der Waals surface area contributed by atoms with Gasteiger partial charge in [-0.25, -0.2) is 9.79 Å². The van der Waals surface area contributed by atoms with Crippen LogP contribution in [0, 0.1) is 10.1 Å². The van der Waals surface area contributed by atoms with E-state index < -0.39 is 22.5 Å². The molecule has 3 aromatic carbocycles. The molecule has 0 unspecified atom stereocenters. The van der Waals surface area contributed by atoms with Crippen molar-refractivity contribution in [2.75, 3.05) is 6.61 Å². The van der Waals surface area contributed by atoms with Crippen molar-refractivity contribution in [1.29, 1.82) is 0 Å². The first kappa shape index (κ1) is 30.7. The highest BCUT2D eigenvalue weighted by molar-refractivity contribution is 9.10. The Hall–Kier alpha value is -3.77. The summed E-state index contributed by atoms with van der Waals surface area (Å²) in [5.41, 5.74) is 1.53. The van der Waals surface area contributed by atoms with Gasteiger partial charge in [0.2, 0.25) is 5.75 Å². The lowest BCUT2D eigenvalue weighted by Crippen LogP contribution is -2.40. The summed E-state index contributed by atoms with van der Waals surface area (Å²) in [4.78, 5) is 43.3. The quantitative estimate of drug-likeness (QED) is 0.120. The van der Waals surface area contributed by atoms with Crippen LogP contribution < -0.4 is 19.6 Å². The van der Waals surface area contributed by atoms with Gasteiger partial charge in [-0.2, -0.15) is 0 Å². The molecule has 0 radical (unpaired) electrons. The molecule has 1 aromatic heterocycles. The lowest BCUT2D eigenvalue weighted by atomic mass is 9.96. The summed E-state index contributed by atoms with van der Waals surface area (Å²) >= 11 is 17.1. The molecule has 1 aliphatic heterocycles. The zero-order valence-electron chi connectivity index (χ0n) is 22.7. The maximum absolute atomic E-state index is 13.9. The van der Waals surface area contributed by atoms with Crippen molar-refractivity contribution < 1.29 is 19.2 Å². The number of hydrogen-bond acceptors (Lipinski definition) is 8. The minimum Gasteiger partial charge on any atom is -0.481 e. The summed E-state index contributed by atoms with van der Waals surface area (Å²) in [5, 5.41) is 12.9. The van der Waals surface area contributed by atoms with Crippen LogP contribution in [0.5, 0.6) is 5.75 Å². The van der Waals surface area contributed by atoms with E-state index in [1.807, 2.05) is 0 Å². The van der Waals surface area contributed by atoms with Gasteiger partial charge in [0.1, 0.15) is 12.6 Å². The summed E-state index contributed by atoms with van der Waals surface area (Å²) in [6.07, 6.45) is 1.54. The minimum absolute atomic E-state index is 0.0389. The molecule has 0 saturated heterocycles. The number of thiazole rings is 1. The first-order valence-corrected chi connectivity index (χ1v) is 15.2. The number of halogens is 3. The van der Waals surface area contributed by atoms with Crippen LogP contribution in [0.25, 0.3) is 6.08 Å². The van der Waals surface area contributed by atoms with Crippen molar-refractivity contribution in [3.8, 4) is 5.75 Å². The van der Waals surface area contributed by atoms with E-state index in [1.165, 1.54) is 16.7 Å². The smallest absolute Gasteiger partial charge is 0.338 e. The van der Waals surface area contributed by atoms with Crippen LogP contribution in [-0.2, 0) is 16.1 Å². The predicted octanol–water partition coefficient (Wildman–Crippen LogP) is 6.35. The lowest BCUT2D eigenvalue weighted by molar-refractivity contribution is -0.386. The zero-order valence-corrected chi connectivity index (χ0v) is 26.6. The van der Waals surface area contributed by atoms with Gasteiger partial charge in [0.15, 0.2) is 4.80 Å². The molecule has 220 valence electrons. The normalized spacial score (nSPS) is 14.7. The Kier molecular flexibility index (Phi) is 9.16. The topological polar surface area (TPSA) is 113 Å². The number of hydrogen-bond donors (Lipinski definition) is 0. The van der Waals surface area contributed by atoms with Gasteiger partial charge in [0.25, 0.3) is 5.56 Å². The number of fused-ring (bicyclic) bond motifs is 1. The predicted molar refractivity (Wildman–Crippen MR) is 168 cm³/mol. The second-order valence-electron chi connectivity index (χ2n) is 9.35. The van der Waals surface area contributed by atoms with Crippen LogP contribution in [0.15, 0.2) is 86.2 Å². The maximum atomic E-state index is 13.9. The van der Waals surface area contributed by atoms with Crippen LogP contribution in [0.3, 0.4) is 0 Å². The Morgan fingerprint density at radius 1 is 1.19 bits per heavy atom. The number of esters is 1. The lowest BCUT2D eigenvalue weighted by Gasteiger charge is -2.25.